The molecule has 0 unspecified atom stereocenters. The number of aromatic nitrogens is 1. The van der Waals surface area contributed by atoms with Crippen LogP contribution in [0.2, 0.25) is 10.0 Å². The Hall–Kier alpha value is -2.42. The fourth-order valence-corrected chi connectivity index (χ4v) is 5.25. The van der Waals surface area contributed by atoms with Crippen molar-refractivity contribution in [2.45, 2.75) is 38.6 Å². The van der Waals surface area contributed by atoms with E-state index in [1.54, 1.807) is 13.1 Å². The molecular formula is C25H25Cl2F3N2O3. The number of hydrogen-bond donors (Lipinski definition) is 1. The first kappa shape index (κ1) is 25.7. The highest BCUT2D eigenvalue weighted by atomic mass is 35.5. The second-order valence-electron chi connectivity index (χ2n) is 8.96. The van der Waals surface area contributed by atoms with E-state index in [1.165, 1.54) is 12.1 Å². The zero-order valence-corrected chi connectivity index (χ0v) is 20.6. The Bertz CT molecular complexity index is 1230. The van der Waals surface area contributed by atoms with E-state index in [-0.39, 0.29) is 18.1 Å². The number of carbonyl (C=O) groups is 1. The number of piperidine rings is 1. The number of nitrogens with zero attached hydrogens (tertiary/aromatic N) is 2. The lowest BCUT2D eigenvalue weighted by atomic mass is 9.93. The number of halogens is 5. The van der Waals surface area contributed by atoms with E-state index < -0.39 is 12.3 Å². The van der Waals surface area contributed by atoms with Gasteiger partial charge in [0, 0.05) is 48.6 Å². The van der Waals surface area contributed by atoms with Crippen LogP contribution in [0, 0.1) is 5.92 Å². The molecule has 2 aromatic carbocycles. The predicted molar refractivity (Wildman–Crippen MR) is 129 cm³/mol. The number of alkyl halides is 3. The number of aryl methyl sites for hydroxylation is 1. The van der Waals surface area contributed by atoms with E-state index in [9.17, 15) is 18.0 Å². The average molecular weight is 529 g/mol. The summed E-state index contributed by atoms with van der Waals surface area (Å²) in [7, 11) is 1.78. The van der Waals surface area contributed by atoms with Crippen molar-refractivity contribution in [2.75, 3.05) is 13.1 Å². The zero-order chi connectivity index (χ0) is 25.3. The van der Waals surface area contributed by atoms with Gasteiger partial charge in [-0.15, -0.1) is 13.2 Å². The van der Waals surface area contributed by atoms with Crippen molar-refractivity contribution in [1.29, 1.82) is 0 Å². The first-order valence-corrected chi connectivity index (χ1v) is 12.0. The summed E-state index contributed by atoms with van der Waals surface area (Å²) in [5, 5.41) is 10.9. The Kier molecular flexibility index (Phi) is 7.54. The van der Waals surface area contributed by atoms with Gasteiger partial charge in [-0.05, 0) is 67.2 Å². The van der Waals surface area contributed by atoms with Crippen molar-refractivity contribution in [3.63, 3.8) is 0 Å². The predicted octanol–water partition coefficient (Wildman–Crippen LogP) is 6.66. The maximum Gasteiger partial charge on any atom is 0.573 e. The van der Waals surface area contributed by atoms with Gasteiger partial charge in [-0.25, -0.2) is 0 Å². The van der Waals surface area contributed by atoms with Gasteiger partial charge in [0.25, 0.3) is 0 Å². The summed E-state index contributed by atoms with van der Waals surface area (Å²) < 4.78 is 43.7. The molecule has 5 nitrogen and oxygen atoms in total. The van der Waals surface area contributed by atoms with Gasteiger partial charge in [0.15, 0.2) is 0 Å². The molecule has 0 radical (unpaired) electrons. The Morgan fingerprint density at radius 2 is 1.86 bits per heavy atom. The van der Waals surface area contributed by atoms with Crippen LogP contribution in [0.1, 0.15) is 36.1 Å². The van der Waals surface area contributed by atoms with Crippen LogP contribution in [0.15, 0.2) is 36.4 Å². The highest BCUT2D eigenvalue weighted by molar-refractivity contribution is 6.36. The van der Waals surface area contributed by atoms with E-state index >= 15 is 0 Å². The third kappa shape index (κ3) is 6.23. The molecule has 0 spiro atoms. The standard InChI is InChI=1S/C25H25Cl2F3N2O3/c1-31-18(11-16-2-4-19(13-22(16)31)35-25(28,29)30)12-20-21(26)5-3-17(24(20)27)14-32-8-6-15(7-9-32)10-23(33)34/h2-5,11,13,15H,6-10,12,14H2,1H3,(H,33,34). The number of carboxylic acid groups (broad SMARTS) is 1. The molecule has 0 aliphatic carbocycles. The molecule has 1 aliphatic heterocycles. The fraction of sp³-hybridized carbons (Fsp3) is 0.400. The highest BCUT2D eigenvalue weighted by Crippen LogP contribution is 2.34. The van der Waals surface area contributed by atoms with E-state index in [0.717, 1.165) is 48.1 Å². The molecule has 10 heteroatoms. The molecule has 1 aromatic heterocycles. The van der Waals surface area contributed by atoms with Crippen LogP contribution in [0.5, 0.6) is 5.75 Å². The number of rotatable bonds is 7. The van der Waals surface area contributed by atoms with Crippen molar-refractivity contribution < 1.29 is 27.8 Å². The third-order valence-corrected chi connectivity index (χ3v) is 7.36. The van der Waals surface area contributed by atoms with Gasteiger partial charge in [0.2, 0.25) is 0 Å². The largest absolute Gasteiger partial charge is 0.573 e. The van der Waals surface area contributed by atoms with Gasteiger partial charge in [0.05, 0.1) is 10.5 Å². The molecule has 0 atom stereocenters. The molecule has 35 heavy (non-hydrogen) atoms. The van der Waals surface area contributed by atoms with E-state index in [2.05, 4.69) is 9.64 Å². The summed E-state index contributed by atoms with van der Waals surface area (Å²) in [5.41, 5.74) is 3.14. The summed E-state index contributed by atoms with van der Waals surface area (Å²) in [4.78, 5) is 13.2. The highest BCUT2D eigenvalue weighted by Gasteiger charge is 2.31. The van der Waals surface area contributed by atoms with E-state index in [4.69, 9.17) is 28.3 Å². The monoisotopic (exact) mass is 528 g/mol. The van der Waals surface area contributed by atoms with Crippen molar-refractivity contribution in [1.82, 2.24) is 9.47 Å². The number of ether oxygens (including phenoxy) is 1. The van der Waals surface area contributed by atoms with Gasteiger partial charge < -0.3 is 14.4 Å². The summed E-state index contributed by atoms with van der Waals surface area (Å²) in [5.74, 6) is -0.831. The second-order valence-corrected chi connectivity index (χ2v) is 9.74. The molecule has 1 fully saturated rings. The molecule has 188 valence electrons. The van der Waals surface area contributed by atoms with Crippen molar-refractivity contribution in [2.24, 2.45) is 13.0 Å². The van der Waals surface area contributed by atoms with Crippen LogP contribution in [0.4, 0.5) is 13.2 Å². The zero-order valence-electron chi connectivity index (χ0n) is 19.0. The minimum atomic E-state index is -4.76. The number of hydrogen-bond acceptors (Lipinski definition) is 3. The van der Waals surface area contributed by atoms with Gasteiger partial charge in [-0.1, -0.05) is 29.3 Å². The van der Waals surface area contributed by atoms with Crippen LogP contribution < -0.4 is 4.74 Å². The minimum Gasteiger partial charge on any atom is -0.481 e. The summed E-state index contributed by atoms with van der Waals surface area (Å²) >= 11 is 13.3. The quantitative estimate of drug-likeness (QED) is 0.372. The number of benzene rings is 2. The molecule has 2 heterocycles. The van der Waals surface area contributed by atoms with Crippen LogP contribution in [0.25, 0.3) is 10.9 Å². The second kappa shape index (κ2) is 10.3. The van der Waals surface area contributed by atoms with Gasteiger partial charge >= 0.3 is 12.3 Å². The lowest BCUT2D eigenvalue weighted by molar-refractivity contribution is -0.274. The summed E-state index contributed by atoms with van der Waals surface area (Å²) in [6.07, 6.45) is -2.48. The van der Waals surface area contributed by atoms with Crippen molar-refractivity contribution in [3.8, 4) is 5.75 Å². The van der Waals surface area contributed by atoms with Crippen LogP contribution >= 0.6 is 23.2 Å². The lowest BCUT2D eigenvalue weighted by Crippen LogP contribution is -2.34. The number of fused-ring (bicyclic) bond motifs is 1. The summed E-state index contributed by atoms with van der Waals surface area (Å²) in [6, 6.07) is 9.86. The normalized spacial score (nSPS) is 15.6. The SMILES string of the molecule is Cn1c(Cc2c(Cl)ccc(CN3CCC(CC(=O)O)CC3)c2Cl)cc2ccc(OC(F)(F)F)cc21. The number of aliphatic carboxylic acids is 1. The maximum atomic E-state index is 12.6. The molecule has 3 aromatic rings. The van der Waals surface area contributed by atoms with Crippen LogP contribution in [-0.4, -0.2) is 40.0 Å². The Morgan fingerprint density at radius 3 is 2.51 bits per heavy atom. The van der Waals surface area contributed by atoms with Gasteiger partial charge in [-0.2, -0.15) is 0 Å². The first-order chi connectivity index (χ1) is 16.5. The molecule has 0 amide bonds. The molecule has 4 rings (SSSR count). The number of likely N-dealkylation sites (tertiary alicyclic amines) is 1. The number of carboxylic acids is 1. The van der Waals surface area contributed by atoms with Crippen LogP contribution in [-0.2, 0) is 24.8 Å². The average Bonchev–Trinajstić information content (AvgIpc) is 3.08. The third-order valence-electron chi connectivity index (χ3n) is 6.54. The Labute approximate surface area is 211 Å². The van der Waals surface area contributed by atoms with Crippen molar-refractivity contribution in [3.05, 3.63) is 63.3 Å². The maximum absolute atomic E-state index is 12.6. The molecule has 1 saturated heterocycles. The van der Waals surface area contributed by atoms with E-state index in [1.807, 2.05) is 22.8 Å². The lowest BCUT2D eigenvalue weighted by Gasteiger charge is -2.31. The van der Waals surface area contributed by atoms with Crippen LogP contribution in [0.3, 0.4) is 0 Å². The Morgan fingerprint density at radius 1 is 1.14 bits per heavy atom. The molecule has 0 saturated carbocycles. The summed E-state index contributed by atoms with van der Waals surface area (Å²) in [6.45, 7) is 2.24. The Balaban J connectivity index is 1.52. The van der Waals surface area contributed by atoms with E-state index in [0.29, 0.717) is 28.5 Å². The topological polar surface area (TPSA) is 54.7 Å². The van der Waals surface area contributed by atoms with Crippen molar-refractivity contribution >= 4 is 40.1 Å². The molecular weight excluding hydrogens is 504 g/mol. The van der Waals surface area contributed by atoms with Gasteiger partial charge in [0.1, 0.15) is 5.75 Å². The molecule has 1 N–H and O–H groups in total. The fourth-order valence-electron chi connectivity index (χ4n) is 4.68. The molecule has 0 bridgehead atoms. The first-order valence-electron chi connectivity index (χ1n) is 11.2. The molecule has 1 aliphatic rings. The van der Waals surface area contributed by atoms with Gasteiger partial charge in [-0.3, -0.25) is 9.69 Å². The smallest absolute Gasteiger partial charge is 0.481 e. The minimum absolute atomic E-state index is 0.202.